The molecule has 1 unspecified atom stereocenters. The summed E-state index contributed by atoms with van der Waals surface area (Å²) >= 11 is 0. The molecule has 7 nitrogen and oxygen atoms in total. The highest BCUT2D eigenvalue weighted by Gasteiger charge is 2.47. The molecule has 0 aromatic carbocycles. The first-order valence-corrected chi connectivity index (χ1v) is 3.55. The number of hydrogen-bond donors (Lipinski definition) is 5. The SMILES string of the molecule is O=C(O)[C@H](O)[C@H]1OC(O)[C@@H](O)[C@H]1O. The van der Waals surface area contributed by atoms with E-state index in [1.807, 2.05) is 0 Å². The summed E-state index contributed by atoms with van der Waals surface area (Å²) in [6, 6.07) is 0. The molecule has 7 heteroatoms. The second-order valence-corrected chi connectivity index (χ2v) is 2.76. The van der Waals surface area contributed by atoms with Gasteiger partial charge in [-0.15, -0.1) is 0 Å². The van der Waals surface area contributed by atoms with Gasteiger partial charge in [-0.1, -0.05) is 0 Å². The Hall–Kier alpha value is -0.730. The van der Waals surface area contributed by atoms with Crippen LogP contribution in [-0.4, -0.2) is 62.2 Å². The van der Waals surface area contributed by atoms with Crippen molar-refractivity contribution in [3.63, 3.8) is 0 Å². The van der Waals surface area contributed by atoms with Crippen molar-refractivity contribution in [1.82, 2.24) is 0 Å². The second-order valence-electron chi connectivity index (χ2n) is 2.76. The summed E-state index contributed by atoms with van der Waals surface area (Å²) in [5.41, 5.74) is 0. The smallest absolute Gasteiger partial charge is 0.335 e. The molecule has 1 rings (SSSR count). The van der Waals surface area contributed by atoms with Crippen molar-refractivity contribution in [3.8, 4) is 0 Å². The molecule has 1 aliphatic heterocycles. The van der Waals surface area contributed by atoms with Crippen LogP contribution in [0.4, 0.5) is 0 Å². The molecule has 76 valence electrons. The van der Waals surface area contributed by atoms with Crippen molar-refractivity contribution in [1.29, 1.82) is 0 Å². The minimum atomic E-state index is -1.97. The Bertz CT molecular complexity index is 205. The van der Waals surface area contributed by atoms with Crippen LogP contribution in [-0.2, 0) is 9.53 Å². The third kappa shape index (κ3) is 1.79. The molecule has 5 N–H and O–H groups in total. The molecule has 13 heavy (non-hydrogen) atoms. The monoisotopic (exact) mass is 194 g/mol. The summed E-state index contributed by atoms with van der Waals surface area (Å²) in [7, 11) is 0. The molecule has 0 aromatic rings. The van der Waals surface area contributed by atoms with Crippen molar-refractivity contribution in [2.45, 2.75) is 30.7 Å². The zero-order valence-corrected chi connectivity index (χ0v) is 6.44. The molecular formula is C6H10O7. The van der Waals surface area contributed by atoms with E-state index in [9.17, 15) is 4.79 Å². The van der Waals surface area contributed by atoms with Crippen molar-refractivity contribution in [3.05, 3.63) is 0 Å². The van der Waals surface area contributed by atoms with E-state index < -0.39 is 36.7 Å². The summed E-state index contributed by atoms with van der Waals surface area (Å²) in [5.74, 6) is -1.59. The topological polar surface area (TPSA) is 127 Å². The van der Waals surface area contributed by atoms with Gasteiger partial charge in [0.1, 0.15) is 18.3 Å². The lowest BCUT2D eigenvalue weighted by Crippen LogP contribution is -2.42. The van der Waals surface area contributed by atoms with Crippen LogP contribution in [0.3, 0.4) is 0 Å². The summed E-state index contributed by atoms with van der Waals surface area (Å²) < 4.78 is 4.43. The number of rotatable bonds is 2. The van der Waals surface area contributed by atoms with Crippen molar-refractivity contribution < 1.29 is 35.1 Å². The molecule has 1 saturated heterocycles. The lowest BCUT2D eigenvalue weighted by Gasteiger charge is -2.16. The van der Waals surface area contributed by atoms with Gasteiger partial charge < -0.3 is 30.3 Å². The number of aliphatic hydroxyl groups excluding tert-OH is 4. The Labute approximate surface area is 72.8 Å². The maximum Gasteiger partial charge on any atom is 0.335 e. The second kappa shape index (κ2) is 3.56. The van der Waals surface area contributed by atoms with Crippen molar-refractivity contribution >= 4 is 5.97 Å². The predicted molar refractivity (Wildman–Crippen MR) is 36.5 cm³/mol. The van der Waals surface area contributed by atoms with Crippen LogP contribution in [0.5, 0.6) is 0 Å². The highest BCUT2D eigenvalue weighted by molar-refractivity contribution is 5.72. The minimum Gasteiger partial charge on any atom is -0.479 e. The zero-order chi connectivity index (χ0) is 10.2. The van der Waals surface area contributed by atoms with E-state index in [0.717, 1.165) is 0 Å². The fourth-order valence-corrected chi connectivity index (χ4v) is 1.09. The molecule has 1 heterocycles. The van der Waals surface area contributed by atoms with Crippen LogP contribution in [0.15, 0.2) is 0 Å². The Balaban J connectivity index is 2.68. The average molecular weight is 194 g/mol. The average Bonchev–Trinajstić information content (AvgIpc) is 2.31. The van der Waals surface area contributed by atoms with E-state index >= 15 is 0 Å². The lowest BCUT2D eigenvalue weighted by molar-refractivity contribution is -0.170. The molecule has 1 fully saturated rings. The third-order valence-electron chi connectivity index (χ3n) is 1.84. The fourth-order valence-electron chi connectivity index (χ4n) is 1.09. The first kappa shape index (κ1) is 10.4. The summed E-state index contributed by atoms with van der Waals surface area (Å²) in [5, 5.41) is 44.1. The maximum absolute atomic E-state index is 10.2. The molecule has 0 aliphatic carbocycles. The number of carboxylic acids is 1. The number of aliphatic hydroxyl groups is 4. The van der Waals surface area contributed by atoms with E-state index in [1.165, 1.54) is 0 Å². The third-order valence-corrected chi connectivity index (χ3v) is 1.84. The van der Waals surface area contributed by atoms with Gasteiger partial charge in [0.15, 0.2) is 12.4 Å². The van der Waals surface area contributed by atoms with Crippen LogP contribution in [0.1, 0.15) is 0 Å². The van der Waals surface area contributed by atoms with Gasteiger partial charge >= 0.3 is 5.97 Å². The molecule has 0 amide bonds. The summed E-state index contributed by atoms with van der Waals surface area (Å²) in [4.78, 5) is 10.2. The first-order valence-electron chi connectivity index (χ1n) is 3.55. The van der Waals surface area contributed by atoms with Crippen LogP contribution in [0.2, 0.25) is 0 Å². The first-order chi connectivity index (χ1) is 5.95. The lowest BCUT2D eigenvalue weighted by atomic mass is 10.1. The molecule has 0 radical (unpaired) electrons. The Morgan fingerprint density at radius 3 is 2.08 bits per heavy atom. The Kier molecular flexibility index (Phi) is 2.84. The van der Waals surface area contributed by atoms with Gasteiger partial charge in [-0.05, 0) is 0 Å². The number of carbonyl (C=O) groups is 1. The van der Waals surface area contributed by atoms with Gasteiger partial charge in [0.2, 0.25) is 0 Å². The van der Waals surface area contributed by atoms with Gasteiger partial charge in [0, 0.05) is 0 Å². The van der Waals surface area contributed by atoms with Crippen molar-refractivity contribution in [2.24, 2.45) is 0 Å². The number of carboxylic acid groups (broad SMARTS) is 1. The zero-order valence-electron chi connectivity index (χ0n) is 6.44. The molecule has 5 atom stereocenters. The highest BCUT2D eigenvalue weighted by atomic mass is 16.6. The molecule has 0 aromatic heterocycles. The molecule has 0 bridgehead atoms. The maximum atomic E-state index is 10.2. The summed E-state index contributed by atoms with van der Waals surface area (Å²) in [6.07, 6.45) is -8.36. The van der Waals surface area contributed by atoms with E-state index in [4.69, 9.17) is 25.5 Å². The quantitative estimate of drug-likeness (QED) is 0.314. The highest BCUT2D eigenvalue weighted by Crippen LogP contribution is 2.22. The molecule has 0 saturated carbocycles. The Morgan fingerprint density at radius 1 is 1.23 bits per heavy atom. The summed E-state index contributed by atoms with van der Waals surface area (Å²) in [6.45, 7) is 0. The minimum absolute atomic E-state index is 1.51. The van der Waals surface area contributed by atoms with Gasteiger partial charge in [0.25, 0.3) is 0 Å². The van der Waals surface area contributed by atoms with Crippen LogP contribution < -0.4 is 0 Å². The van der Waals surface area contributed by atoms with E-state index in [-0.39, 0.29) is 0 Å². The van der Waals surface area contributed by atoms with Gasteiger partial charge in [-0.3, -0.25) is 0 Å². The van der Waals surface area contributed by atoms with Crippen molar-refractivity contribution in [2.75, 3.05) is 0 Å². The molecular weight excluding hydrogens is 184 g/mol. The number of ether oxygens (including phenoxy) is 1. The Morgan fingerprint density at radius 2 is 1.77 bits per heavy atom. The molecule has 1 aliphatic rings. The standard InChI is InChI=1S/C6H10O7/c7-1-2(8)6(12)13-4(1)3(9)5(10)11/h1-4,6-9,12H,(H,10,11)/t1-,2+,3-,4+,6?/m1/s1. The number of hydrogen-bond acceptors (Lipinski definition) is 6. The van der Waals surface area contributed by atoms with E-state index in [2.05, 4.69) is 4.74 Å². The van der Waals surface area contributed by atoms with Gasteiger partial charge in [0.05, 0.1) is 0 Å². The molecule has 0 spiro atoms. The van der Waals surface area contributed by atoms with E-state index in [1.54, 1.807) is 0 Å². The number of aliphatic carboxylic acids is 1. The van der Waals surface area contributed by atoms with Crippen LogP contribution in [0, 0.1) is 0 Å². The van der Waals surface area contributed by atoms with Crippen LogP contribution in [0.25, 0.3) is 0 Å². The predicted octanol–water partition coefficient (Wildman–Crippen LogP) is -3.13. The van der Waals surface area contributed by atoms with Gasteiger partial charge in [-0.2, -0.15) is 0 Å². The largest absolute Gasteiger partial charge is 0.479 e. The van der Waals surface area contributed by atoms with Gasteiger partial charge in [-0.25, -0.2) is 4.79 Å². The fraction of sp³-hybridized carbons (Fsp3) is 0.833. The van der Waals surface area contributed by atoms with E-state index in [0.29, 0.717) is 0 Å². The van der Waals surface area contributed by atoms with Crippen LogP contribution >= 0.6 is 0 Å². The normalized spacial score (nSPS) is 41.8.